The van der Waals surface area contributed by atoms with E-state index in [1.165, 1.54) is 7.11 Å². The van der Waals surface area contributed by atoms with Gasteiger partial charge in [0, 0.05) is 22.3 Å². The Labute approximate surface area is 117 Å². The van der Waals surface area contributed by atoms with E-state index in [4.69, 9.17) is 4.74 Å². The van der Waals surface area contributed by atoms with Gasteiger partial charge in [0.1, 0.15) is 5.01 Å². The maximum Gasteiger partial charge on any atom is 0.309 e. The van der Waals surface area contributed by atoms with Crippen LogP contribution in [-0.4, -0.2) is 23.8 Å². The Balaban J connectivity index is 2.41. The lowest BCUT2D eigenvalue weighted by molar-refractivity contribution is -0.143. The SMILES string of the molecule is COC(=O)C(C)CSCc1nc(C(C)(C)C)cs1. The number of carbonyl (C=O) groups is 1. The van der Waals surface area contributed by atoms with Crippen LogP contribution in [0, 0.1) is 5.92 Å². The van der Waals surface area contributed by atoms with E-state index < -0.39 is 0 Å². The first-order chi connectivity index (χ1) is 8.34. The molecule has 0 radical (unpaired) electrons. The quantitative estimate of drug-likeness (QED) is 0.777. The third kappa shape index (κ3) is 4.61. The van der Waals surface area contributed by atoms with Gasteiger partial charge in [-0.1, -0.05) is 27.7 Å². The maximum atomic E-state index is 11.2. The second-order valence-corrected chi connectivity index (χ2v) is 7.29. The zero-order chi connectivity index (χ0) is 13.8. The van der Waals surface area contributed by atoms with Gasteiger partial charge in [-0.25, -0.2) is 4.98 Å². The molecule has 0 aliphatic carbocycles. The number of hydrogen-bond acceptors (Lipinski definition) is 5. The molecule has 0 N–H and O–H groups in total. The van der Waals surface area contributed by atoms with Crippen LogP contribution in [0.3, 0.4) is 0 Å². The largest absolute Gasteiger partial charge is 0.469 e. The molecule has 1 aromatic heterocycles. The van der Waals surface area contributed by atoms with Gasteiger partial charge in [-0.2, -0.15) is 11.8 Å². The van der Waals surface area contributed by atoms with Gasteiger partial charge in [0.2, 0.25) is 0 Å². The van der Waals surface area contributed by atoms with E-state index in [-0.39, 0.29) is 17.3 Å². The molecule has 1 unspecified atom stereocenters. The van der Waals surface area contributed by atoms with Crippen LogP contribution < -0.4 is 0 Å². The van der Waals surface area contributed by atoms with Crippen molar-refractivity contribution < 1.29 is 9.53 Å². The fraction of sp³-hybridized carbons (Fsp3) is 0.692. The minimum atomic E-state index is -0.142. The van der Waals surface area contributed by atoms with Gasteiger partial charge in [-0.15, -0.1) is 11.3 Å². The fourth-order valence-electron chi connectivity index (χ4n) is 1.31. The lowest BCUT2D eigenvalue weighted by atomic mass is 9.93. The number of hydrogen-bond donors (Lipinski definition) is 0. The van der Waals surface area contributed by atoms with Crippen molar-refractivity contribution in [3.05, 3.63) is 16.1 Å². The molecule has 0 bridgehead atoms. The standard InChI is InChI=1S/C13H21NO2S2/c1-9(12(15)16-5)6-17-8-11-14-10(7-18-11)13(2,3)4/h7,9H,6,8H2,1-5H3. The predicted octanol–water partition coefficient (Wildman–Crippen LogP) is 3.48. The Bertz CT molecular complexity index is 396. The molecule has 1 aromatic rings. The summed E-state index contributed by atoms with van der Waals surface area (Å²) in [5, 5.41) is 3.25. The number of thiazole rings is 1. The van der Waals surface area contributed by atoms with Crippen molar-refractivity contribution in [1.29, 1.82) is 0 Å². The van der Waals surface area contributed by atoms with Crippen LogP contribution in [-0.2, 0) is 20.7 Å². The lowest BCUT2D eigenvalue weighted by Crippen LogP contribution is -2.15. The predicted molar refractivity (Wildman–Crippen MR) is 78.2 cm³/mol. The molecule has 0 spiro atoms. The van der Waals surface area contributed by atoms with Crippen LogP contribution in [0.1, 0.15) is 38.4 Å². The highest BCUT2D eigenvalue weighted by Crippen LogP contribution is 2.26. The van der Waals surface area contributed by atoms with E-state index in [0.717, 1.165) is 22.2 Å². The number of methoxy groups -OCH3 is 1. The van der Waals surface area contributed by atoms with Gasteiger partial charge in [-0.05, 0) is 0 Å². The number of thioether (sulfide) groups is 1. The first-order valence-corrected chi connectivity index (χ1v) is 7.98. The molecular formula is C13H21NO2S2. The minimum absolute atomic E-state index is 0.0537. The highest BCUT2D eigenvalue weighted by atomic mass is 32.2. The summed E-state index contributed by atoms with van der Waals surface area (Å²) in [6.45, 7) is 8.39. The Morgan fingerprint density at radius 2 is 2.22 bits per heavy atom. The monoisotopic (exact) mass is 287 g/mol. The highest BCUT2D eigenvalue weighted by molar-refractivity contribution is 7.98. The van der Waals surface area contributed by atoms with Crippen molar-refractivity contribution in [3.63, 3.8) is 0 Å². The van der Waals surface area contributed by atoms with Crippen LogP contribution in [0.15, 0.2) is 5.38 Å². The van der Waals surface area contributed by atoms with Gasteiger partial charge in [0.15, 0.2) is 0 Å². The molecule has 0 saturated heterocycles. The molecule has 102 valence electrons. The summed E-state index contributed by atoms with van der Waals surface area (Å²) in [5.41, 5.74) is 1.25. The molecule has 0 aliphatic heterocycles. The summed E-state index contributed by atoms with van der Waals surface area (Å²) in [4.78, 5) is 15.9. The fourth-order valence-corrected chi connectivity index (χ4v) is 3.49. The third-order valence-electron chi connectivity index (χ3n) is 2.52. The van der Waals surface area contributed by atoms with Gasteiger partial charge in [0.05, 0.1) is 18.7 Å². The van der Waals surface area contributed by atoms with Crippen molar-refractivity contribution >= 4 is 29.1 Å². The summed E-state index contributed by atoms with van der Waals surface area (Å²) in [6, 6.07) is 0. The summed E-state index contributed by atoms with van der Waals surface area (Å²) < 4.78 is 4.70. The van der Waals surface area contributed by atoms with Crippen molar-refractivity contribution in [2.24, 2.45) is 5.92 Å². The molecule has 0 aromatic carbocycles. The molecule has 1 atom stereocenters. The molecule has 3 nitrogen and oxygen atoms in total. The number of ether oxygens (including phenoxy) is 1. The van der Waals surface area contributed by atoms with Crippen molar-refractivity contribution in [2.45, 2.75) is 38.9 Å². The van der Waals surface area contributed by atoms with E-state index in [1.54, 1.807) is 23.1 Å². The molecule has 0 amide bonds. The van der Waals surface area contributed by atoms with E-state index in [0.29, 0.717) is 0 Å². The molecule has 0 aliphatic rings. The summed E-state index contributed by atoms with van der Waals surface area (Å²) >= 11 is 3.42. The van der Waals surface area contributed by atoms with Crippen molar-refractivity contribution in [1.82, 2.24) is 4.98 Å². The summed E-state index contributed by atoms with van der Waals surface area (Å²) in [5.74, 6) is 1.44. The number of rotatable bonds is 5. The molecule has 0 fully saturated rings. The average molecular weight is 287 g/mol. The van der Waals surface area contributed by atoms with Crippen LogP contribution in [0.2, 0.25) is 0 Å². The van der Waals surface area contributed by atoms with Crippen LogP contribution in [0.5, 0.6) is 0 Å². The maximum absolute atomic E-state index is 11.2. The number of carbonyl (C=O) groups excluding carboxylic acids is 1. The first kappa shape index (κ1) is 15.5. The summed E-state index contributed by atoms with van der Waals surface area (Å²) in [6.07, 6.45) is 0. The van der Waals surface area contributed by atoms with Crippen molar-refractivity contribution in [3.8, 4) is 0 Å². The van der Waals surface area contributed by atoms with Gasteiger partial charge in [-0.3, -0.25) is 4.79 Å². The molecule has 1 rings (SSSR count). The van der Waals surface area contributed by atoms with E-state index in [2.05, 4.69) is 31.1 Å². The van der Waals surface area contributed by atoms with E-state index in [9.17, 15) is 4.79 Å². The third-order valence-corrected chi connectivity index (χ3v) is 4.76. The molecule has 1 heterocycles. The smallest absolute Gasteiger partial charge is 0.309 e. The molecular weight excluding hydrogens is 266 g/mol. The van der Waals surface area contributed by atoms with Gasteiger partial charge >= 0.3 is 5.97 Å². The second kappa shape index (κ2) is 6.57. The lowest BCUT2D eigenvalue weighted by Gasteiger charge is -2.14. The normalized spacial score (nSPS) is 13.4. The zero-order valence-corrected chi connectivity index (χ0v) is 13.3. The van der Waals surface area contributed by atoms with E-state index in [1.807, 2.05) is 6.92 Å². The zero-order valence-electron chi connectivity index (χ0n) is 11.6. The van der Waals surface area contributed by atoms with Gasteiger partial charge < -0.3 is 4.74 Å². The van der Waals surface area contributed by atoms with E-state index >= 15 is 0 Å². The Hall–Kier alpha value is -0.550. The topological polar surface area (TPSA) is 39.2 Å². The first-order valence-electron chi connectivity index (χ1n) is 5.95. The number of nitrogens with zero attached hydrogens (tertiary/aromatic N) is 1. The van der Waals surface area contributed by atoms with Crippen LogP contribution >= 0.6 is 23.1 Å². The molecule has 18 heavy (non-hydrogen) atoms. The number of aromatic nitrogens is 1. The Morgan fingerprint density at radius 1 is 1.56 bits per heavy atom. The Kier molecular flexibility index (Phi) is 5.66. The Morgan fingerprint density at radius 3 is 2.72 bits per heavy atom. The molecule has 5 heteroatoms. The highest BCUT2D eigenvalue weighted by Gasteiger charge is 2.18. The van der Waals surface area contributed by atoms with Crippen LogP contribution in [0.25, 0.3) is 0 Å². The average Bonchev–Trinajstić information content (AvgIpc) is 2.76. The summed E-state index contributed by atoms with van der Waals surface area (Å²) in [7, 11) is 1.43. The molecule has 0 saturated carbocycles. The van der Waals surface area contributed by atoms with Gasteiger partial charge in [0.25, 0.3) is 0 Å². The van der Waals surface area contributed by atoms with Crippen molar-refractivity contribution in [2.75, 3.05) is 12.9 Å². The minimum Gasteiger partial charge on any atom is -0.469 e. The van der Waals surface area contributed by atoms with Crippen LogP contribution in [0.4, 0.5) is 0 Å². The number of esters is 1. The second-order valence-electron chi connectivity index (χ2n) is 5.32.